The fourth-order valence-electron chi connectivity index (χ4n) is 4.46. The van der Waals surface area contributed by atoms with Gasteiger partial charge in [-0.3, -0.25) is 14.9 Å². The standard InChI is InChI=1S/C27H33N3O/c1-5-8-21(12-11-19(2)3)25-18-30(27-10-7-6-9-24(25)27)28-23-13-14-26-22(17-23)15-16-29(26)20(4)31/h6-7,9-10,12-14,17-19,28H,5,8,11,15-16H2,1-4H3/b21-12+. The lowest BCUT2D eigenvalue weighted by atomic mass is 9.97. The summed E-state index contributed by atoms with van der Waals surface area (Å²) < 4.78 is 2.14. The van der Waals surface area contributed by atoms with Crippen LogP contribution >= 0.6 is 0 Å². The molecule has 0 saturated heterocycles. The fourth-order valence-corrected chi connectivity index (χ4v) is 4.46. The number of rotatable bonds is 7. The number of benzene rings is 2. The van der Waals surface area contributed by atoms with Crippen LogP contribution in [0.3, 0.4) is 0 Å². The summed E-state index contributed by atoms with van der Waals surface area (Å²) in [4.78, 5) is 13.7. The summed E-state index contributed by atoms with van der Waals surface area (Å²) in [6.45, 7) is 9.19. The molecule has 0 atom stereocenters. The van der Waals surface area contributed by atoms with Crippen LogP contribution in [0.15, 0.2) is 54.7 Å². The first-order valence-electron chi connectivity index (χ1n) is 11.5. The van der Waals surface area contributed by atoms with E-state index < -0.39 is 0 Å². The molecular formula is C27H33N3O. The normalized spacial score (nSPS) is 13.8. The summed E-state index contributed by atoms with van der Waals surface area (Å²) in [5.74, 6) is 0.761. The van der Waals surface area contributed by atoms with Crippen LogP contribution in [-0.4, -0.2) is 17.1 Å². The molecule has 2 aromatic carbocycles. The second kappa shape index (κ2) is 9.01. The highest BCUT2D eigenvalue weighted by atomic mass is 16.2. The lowest BCUT2D eigenvalue weighted by molar-refractivity contribution is -0.116. The van der Waals surface area contributed by atoms with E-state index in [0.717, 1.165) is 43.6 Å². The lowest BCUT2D eigenvalue weighted by Crippen LogP contribution is -2.25. The highest BCUT2D eigenvalue weighted by Gasteiger charge is 2.22. The number of nitrogens with zero attached hydrogens (tertiary/aromatic N) is 2. The highest BCUT2D eigenvalue weighted by molar-refractivity contribution is 5.95. The number of fused-ring (bicyclic) bond motifs is 2. The van der Waals surface area contributed by atoms with Gasteiger partial charge in [-0.2, -0.15) is 0 Å². The van der Waals surface area contributed by atoms with Crippen LogP contribution in [0.2, 0.25) is 0 Å². The van der Waals surface area contributed by atoms with Crippen molar-refractivity contribution in [2.75, 3.05) is 16.9 Å². The Kier molecular flexibility index (Phi) is 6.17. The zero-order valence-electron chi connectivity index (χ0n) is 19.1. The van der Waals surface area contributed by atoms with Crippen LogP contribution in [0.1, 0.15) is 58.1 Å². The van der Waals surface area contributed by atoms with E-state index in [4.69, 9.17) is 0 Å². The van der Waals surface area contributed by atoms with Gasteiger partial charge in [0.05, 0.1) is 11.2 Å². The SMILES string of the molecule is CCC/C(=C\CC(C)C)c1cn(Nc2ccc3c(c2)CCN3C(C)=O)c2ccccc12. The molecule has 2 heterocycles. The van der Waals surface area contributed by atoms with Crippen LogP contribution in [-0.2, 0) is 11.2 Å². The molecule has 4 rings (SSSR count). The third kappa shape index (κ3) is 4.39. The number of carbonyl (C=O) groups excluding carboxylic acids is 1. The van der Waals surface area contributed by atoms with Crippen molar-refractivity contribution in [2.24, 2.45) is 5.92 Å². The molecule has 0 spiro atoms. The fraction of sp³-hybridized carbons (Fsp3) is 0.370. The van der Waals surface area contributed by atoms with Crippen LogP contribution < -0.4 is 10.3 Å². The number of carbonyl (C=O) groups is 1. The van der Waals surface area contributed by atoms with Gasteiger partial charge in [-0.15, -0.1) is 0 Å². The Labute approximate surface area is 185 Å². The summed E-state index contributed by atoms with van der Waals surface area (Å²) in [6.07, 6.45) is 8.88. The first-order valence-corrected chi connectivity index (χ1v) is 11.5. The van der Waals surface area contributed by atoms with Crippen LogP contribution in [0.25, 0.3) is 16.5 Å². The van der Waals surface area contributed by atoms with Crippen LogP contribution in [0.5, 0.6) is 0 Å². The van der Waals surface area contributed by atoms with Crippen LogP contribution in [0, 0.1) is 5.92 Å². The van der Waals surface area contributed by atoms with Gasteiger partial charge in [0.25, 0.3) is 0 Å². The zero-order valence-corrected chi connectivity index (χ0v) is 19.1. The van der Waals surface area contributed by atoms with Gasteiger partial charge < -0.3 is 4.90 Å². The van der Waals surface area contributed by atoms with E-state index in [1.807, 2.05) is 4.90 Å². The minimum Gasteiger partial charge on any atom is -0.312 e. The number of nitrogens with one attached hydrogen (secondary N) is 1. The summed E-state index contributed by atoms with van der Waals surface area (Å²) in [7, 11) is 0. The Morgan fingerprint density at radius 1 is 1.19 bits per heavy atom. The number of para-hydroxylation sites is 1. The van der Waals surface area contributed by atoms with E-state index in [1.165, 1.54) is 27.6 Å². The molecule has 0 saturated carbocycles. The van der Waals surface area contributed by atoms with Gasteiger partial charge in [0.2, 0.25) is 5.91 Å². The molecule has 1 amide bonds. The lowest BCUT2D eigenvalue weighted by Gasteiger charge is -2.15. The Morgan fingerprint density at radius 3 is 2.74 bits per heavy atom. The number of hydrogen-bond acceptors (Lipinski definition) is 2. The number of aromatic nitrogens is 1. The molecule has 162 valence electrons. The molecule has 0 radical (unpaired) electrons. The Hall–Kier alpha value is -3.01. The molecule has 0 unspecified atom stereocenters. The second-order valence-electron chi connectivity index (χ2n) is 8.91. The summed E-state index contributed by atoms with van der Waals surface area (Å²) in [5.41, 5.74) is 10.8. The summed E-state index contributed by atoms with van der Waals surface area (Å²) >= 11 is 0. The Morgan fingerprint density at radius 2 is 2.00 bits per heavy atom. The highest BCUT2D eigenvalue weighted by Crippen LogP contribution is 2.33. The number of anilines is 2. The van der Waals surface area contributed by atoms with Crippen molar-refractivity contribution in [3.05, 3.63) is 65.9 Å². The number of allylic oxidation sites excluding steroid dienone is 2. The van der Waals surface area contributed by atoms with Crippen molar-refractivity contribution in [1.82, 2.24) is 4.68 Å². The minimum atomic E-state index is 0.108. The Bertz CT molecular complexity index is 1120. The summed E-state index contributed by atoms with van der Waals surface area (Å²) in [6, 6.07) is 14.9. The average Bonchev–Trinajstić information content (AvgIpc) is 3.33. The van der Waals surface area contributed by atoms with E-state index in [9.17, 15) is 4.79 Å². The molecule has 4 nitrogen and oxygen atoms in total. The largest absolute Gasteiger partial charge is 0.312 e. The van der Waals surface area contributed by atoms with Gasteiger partial charge >= 0.3 is 0 Å². The molecule has 3 aromatic rings. The maximum absolute atomic E-state index is 11.8. The van der Waals surface area contributed by atoms with E-state index in [0.29, 0.717) is 5.92 Å². The van der Waals surface area contributed by atoms with Crippen molar-refractivity contribution in [3.8, 4) is 0 Å². The molecule has 4 heteroatoms. The van der Waals surface area contributed by atoms with E-state index in [2.05, 4.69) is 85.6 Å². The zero-order chi connectivity index (χ0) is 22.0. The Balaban J connectivity index is 1.69. The molecule has 0 bridgehead atoms. The first kappa shape index (κ1) is 21.2. The smallest absolute Gasteiger partial charge is 0.223 e. The van der Waals surface area contributed by atoms with Crippen molar-refractivity contribution >= 4 is 33.8 Å². The molecular weight excluding hydrogens is 382 g/mol. The summed E-state index contributed by atoms with van der Waals surface area (Å²) in [5, 5.41) is 1.28. The molecule has 31 heavy (non-hydrogen) atoms. The predicted octanol–water partition coefficient (Wildman–Crippen LogP) is 6.66. The minimum absolute atomic E-state index is 0.108. The van der Waals surface area contributed by atoms with Crippen LogP contribution in [0.4, 0.5) is 11.4 Å². The third-order valence-corrected chi connectivity index (χ3v) is 6.02. The van der Waals surface area contributed by atoms with E-state index in [1.54, 1.807) is 6.92 Å². The molecule has 0 aliphatic carbocycles. The van der Waals surface area contributed by atoms with Crippen molar-refractivity contribution in [2.45, 2.75) is 53.4 Å². The van der Waals surface area contributed by atoms with Crippen molar-refractivity contribution < 1.29 is 4.79 Å². The second-order valence-corrected chi connectivity index (χ2v) is 8.91. The maximum Gasteiger partial charge on any atom is 0.223 e. The van der Waals surface area contributed by atoms with Gasteiger partial charge in [0.15, 0.2) is 0 Å². The van der Waals surface area contributed by atoms with Gasteiger partial charge in [-0.05, 0) is 60.6 Å². The quantitative estimate of drug-likeness (QED) is 0.469. The topological polar surface area (TPSA) is 37.3 Å². The third-order valence-electron chi connectivity index (χ3n) is 6.02. The monoisotopic (exact) mass is 415 g/mol. The van der Waals surface area contributed by atoms with Gasteiger partial charge in [-0.25, -0.2) is 0 Å². The van der Waals surface area contributed by atoms with Gasteiger partial charge in [0, 0.05) is 36.3 Å². The maximum atomic E-state index is 11.8. The number of amides is 1. The molecule has 1 aliphatic rings. The molecule has 1 aromatic heterocycles. The molecule has 1 aliphatic heterocycles. The average molecular weight is 416 g/mol. The first-order chi connectivity index (χ1) is 15.0. The van der Waals surface area contributed by atoms with E-state index in [-0.39, 0.29) is 5.91 Å². The molecule has 1 N–H and O–H groups in total. The van der Waals surface area contributed by atoms with Crippen molar-refractivity contribution in [1.29, 1.82) is 0 Å². The molecule has 0 fully saturated rings. The van der Waals surface area contributed by atoms with Gasteiger partial charge in [0.1, 0.15) is 0 Å². The number of hydrogen-bond donors (Lipinski definition) is 1. The van der Waals surface area contributed by atoms with Gasteiger partial charge in [-0.1, -0.05) is 51.5 Å². The van der Waals surface area contributed by atoms with E-state index >= 15 is 0 Å². The predicted molar refractivity (Wildman–Crippen MR) is 131 cm³/mol. The van der Waals surface area contributed by atoms with Crippen molar-refractivity contribution in [3.63, 3.8) is 0 Å².